The van der Waals surface area contributed by atoms with Gasteiger partial charge in [0.15, 0.2) is 0 Å². The third kappa shape index (κ3) is 2.35. The van der Waals surface area contributed by atoms with Crippen molar-refractivity contribution in [3.8, 4) is 0 Å². The van der Waals surface area contributed by atoms with Crippen LogP contribution in [0.15, 0.2) is 18.7 Å². The van der Waals surface area contributed by atoms with E-state index in [1.165, 1.54) is 23.6 Å². The summed E-state index contributed by atoms with van der Waals surface area (Å²) in [5.41, 5.74) is 2.26. The topological polar surface area (TPSA) is 112 Å². The predicted octanol–water partition coefficient (Wildman–Crippen LogP) is 0.160. The Morgan fingerprint density at radius 1 is 1.33 bits per heavy atom. The molecular weight excluding hydrogens is 274 g/mol. The molecule has 0 bridgehead atoms. The number of carboxylic acids is 1. The maximum atomic E-state index is 12.5. The summed E-state index contributed by atoms with van der Waals surface area (Å²) in [6.45, 7) is 1.93. The van der Waals surface area contributed by atoms with Crippen LogP contribution in [0.4, 0.5) is 0 Å². The van der Waals surface area contributed by atoms with Gasteiger partial charge in [-0.25, -0.2) is 14.8 Å². The van der Waals surface area contributed by atoms with Crippen LogP contribution in [0.1, 0.15) is 27.6 Å². The van der Waals surface area contributed by atoms with Crippen LogP contribution >= 0.6 is 0 Å². The lowest BCUT2D eigenvalue weighted by atomic mass is 10.0. The van der Waals surface area contributed by atoms with Crippen LogP contribution in [0.25, 0.3) is 0 Å². The lowest BCUT2D eigenvalue weighted by Gasteiger charge is -2.31. The van der Waals surface area contributed by atoms with Crippen molar-refractivity contribution in [1.29, 1.82) is 0 Å². The number of carboxylic acid groups (broad SMARTS) is 1. The van der Waals surface area contributed by atoms with Crippen molar-refractivity contribution in [3.63, 3.8) is 0 Å². The first kappa shape index (κ1) is 13.2. The van der Waals surface area contributed by atoms with Crippen molar-refractivity contribution in [2.75, 3.05) is 0 Å². The lowest BCUT2D eigenvalue weighted by Crippen LogP contribution is -2.49. The molecule has 1 aliphatic heterocycles. The van der Waals surface area contributed by atoms with E-state index in [1.807, 2.05) is 0 Å². The molecular formula is C13H13N5O3. The first-order valence-electron chi connectivity index (χ1n) is 6.40. The number of hydrogen-bond donors (Lipinski definition) is 2. The van der Waals surface area contributed by atoms with E-state index in [-0.39, 0.29) is 18.7 Å². The smallest absolute Gasteiger partial charge is 0.326 e. The highest BCUT2D eigenvalue weighted by Crippen LogP contribution is 2.22. The molecule has 8 nitrogen and oxygen atoms in total. The van der Waals surface area contributed by atoms with Crippen LogP contribution in [0.2, 0.25) is 0 Å². The van der Waals surface area contributed by atoms with Gasteiger partial charge in [0.2, 0.25) is 0 Å². The molecule has 0 saturated heterocycles. The van der Waals surface area contributed by atoms with Gasteiger partial charge in [0, 0.05) is 12.6 Å². The van der Waals surface area contributed by atoms with E-state index >= 15 is 0 Å². The van der Waals surface area contributed by atoms with Crippen molar-refractivity contribution in [2.24, 2.45) is 0 Å². The molecule has 1 amide bonds. The molecule has 0 fully saturated rings. The number of nitrogens with zero attached hydrogens (tertiary/aromatic N) is 4. The van der Waals surface area contributed by atoms with Crippen LogP contribution < -0.4 is 0 Å². The number of aromatic nitrogens is 4. The van der Waals surface area contributed by atoms with Gasteiger partial charge in [-0.3, -0.25) is 9.78 Å². The van der Waals surface area contributed by atoms with E-state index in [1.54, 1.807) is 6.92 Å². The Kier molecular flexibility index (Phi) is 3.13. The SMILES string of the molecule is Cc1cnc(C(=O)N2Cc3[nH]cnc3CC2C(=O)O)cn1. The maximum absolute atomic E-state index is 12.5. The number of imidazole rings is 1. The quantitative estimate of drug-likeness (QED) is 0.813. The zero-order chi connectivity index (χ0) is 15.0. The average Bonchev–Trinajstić information content (AvgIpc) is 2.93. The zero-order valence-electron chi connectivity index (χ0n) is 11.3. The molecule has 1 aliphatic rings. The van der Waals surface area contributed by atoms with Crippen molar-refractivity contribution in [3.05, 3.63) is 41.5 Å². The minimum Gasteiger partial charge on any atom is -0.480 e. The second kappa shape index (κ2) is 4.97. The minimum absolute atomic E-state index is 0.134. The molecule has 108 valence electrons. The van der Waals surface area contributed by atoms with Crippen LogP contribution in [0, 0.1) is 6.92 Å². The highest BCUT2D eigenvalue weighted by molar-refractivity contribution is 5.95. The molecule has 0 spiro atoms. The Bertz CT molecular complexity index is 694. The molecule has 3 heterocycles. The van der Waals surface area contributed by atoms with Gasteiger partial charge in [0.1, 0.15) is 11.7 Å². The highest BCUT2D eigenvalue weighted by atomic mass is 16.4. The number of fused-ring (bicyclic) bond motifs is 1. The molecule has 8 heteroatoms. The van der Waals surface area contributed by atoms with Crippen molar-refractivity contribution in [1.82, 2.24) is 24.8 Å². The summed E-state index contributed by atoms with van der Waals surface area (Å²) in [6.07, 6.45) is 4.52. The average molecular weight is 287 g/mol. The van der Waals surface area contributed by atoms with Crippen LogP contribution in [-0.2, 0) is 17.8 Å². The number of nitrogens with one attached hydrogen (secondary N) is 1. The maximum Gasteiger partial charge on any atom is 0.326 e. The van der Waals surface area contributed by atoms with Crippen molar-refractivity contribution >= 4 is 11.9 Å². The van der Waals surface area contributed by atoms with E-state index in [2.05, 4.69) is 19.9 Å². The first-order valence-corrected chi connectivity index (χ1v) is 6.40. The van der Waals surface area contributed by atoms with E-state index in [9.17, 15) is 14.7 Å². The molecule has 2 aromatic heterocycles. The predicted molar refractivity (Wildman–Crippen MR) is 70.4 cm³/mol. The van der Waals surface area contributed by atoms with E-state index in [4.69, 9.17) is 0 Å². The Hall–Kier alpha value is -2.77. The molecule has 3 rings (SSSR count). The number of aryl methyl sites for hydroxylation is 1. The third-order valence-corrected chi connectivity index (χ3v) is 3.44. The normalized spacial score (nSPS) is 17.4. The summed E-state index contributed by atoms with van der Waals surface area (Å²) in [7, 11) is 0. The van der Waals surface area contributed by atoms with Crippen LogP contribution in [0.3, 0.4) is 0 Å². The second-order valence-electron chi connectivity index (χ2n) is 4.86. The molecule has 21 heavy (non-hydrogen) atoms. The number of H-pyrrole nitrogens is 1. The summed E-state index contributed by atoms with van der Waals surface area (Å²) in [4.78, 5) is 40.2. The molecule has 0 radical (unpaired) electrons. The summed E-state index contributed by atoms with van der Waals surface area (Å²) in [6, 6.07) is -0.948. The molecule has 0 aliphatic carbocycles. The summed E-state index contributed by atoms with van der Waals surface area (Å²) in [5.74, 6) is -1.51. The van der Waals surface area contributed by atoms with Gasteiger partial charge >= 0.3 is 5.97 Å². The molecule has 2 aromatic rings. The van der Waals surface area contributed by atoms with Gasteiger partial charge in [-0.2, -0.15) is 0 Å². The molecule has 1 atom stereocenters. The second-order valence-corrected chi connectivity index (χ2v) is 4.86. The Morgan fingerprint density at radius 3 is 2.81 bits per heavy atom. The number of aromatic amines is 1. The fourth-order valence-electron chi connectivity index (χ4n) is 2.32. The molecule has 0 aromatic carbocycles. The minimum atomic E-state index is -1.06. The third-order valence-electron chi connectivity index (χ3n) is 3.44. The highest BCUT2D eigenvalue weighted by Gasteiger charge is 2.36. The standard InChI is InChI=1S/C13H13N5O3/c1-7-3-15-9(4-14-7)12(19)18-5-10-8(16-6-17-10)2-11(18)13(20)21/h3-4,6,11H,2,5H2,1H3,(H,16,17)(H,20,21). The van der Waals surface area contributed by atoms with Gasteiger partial charge in [0.05, 0.1) is 36.2 Å². The van der Waals surface area contributed by atoms with Gasteiger partial charge in [0.25, 0.3) is 5.91 Å². The van der Waals surface area contributed by atoms with Gasteiger partial charge in [-0.15, -0.1) is 0 Å². The van der Waals surface area contributed by atoms with Gasteiger partial charge in [-0.05, 0) is 6.92 Å². The molecule has 2 N–H and O–H groups in total. The number of hydrogen-bond acceptors (Lipinski definition) is 5. The van der Waals surface area contributed by atoms with E-state index in [0.717, 1.165) is 5.69 Å². The largest absolute Gasteiger partial charge is 0.480 e. The number of carbonyl (C=O) groups excluding carboxylic acids is 1. The fourth-order valence-corrected chi connectivity index (χ4v) is 2.32. The van der Waals surface area contributed by atoms with E-state index < -0.39 is 17.9 Å². The molecule has 1 unspecified atom stereocenters. The van der Waals surface area contributed by atoms with Crippen LogP contribution in [-0.4, -0.2) is 47.9 Å². The van der Waals surface area contributed by atoms with Gasteiger partial charge < -0.3 is 15.0 Å². The zero-order valence-corrected chi connectivity index (χ0v) is 11.3. The monoisotopic (exact) mass is 287 g/mol. The summed E-state index contributed by atoms with van der Waals surface area (Å²) in [5, 5.41) is 9.34. The van der Waals surface area contributed by atoms with E-state index in [0.29, 0.717) is 11.4 Å². The Labute approximate surface area is 119 Å². The Morgan fingerprint density at radius 2 is 2.14 bits per heavy atom. The van der Waals surface area contributed by atoms with Gasteiger partial charge in [-0.1, -0.05) is 0 Å². The molecule has 0 saturated carbocycles. The number of amides is 1. The number of aliphatic carboxylic acids is 1. The fraction of sp³-hybridized carbons (Fsp3) is 0.308. The summed E-state index contributed by atoms with van der Waals surface area (Å²) >= 11 is 0. The Balaban J connectivity index is 1.93. The van der Waals surface area contributed by atoms with Crippen LogP contribution in [0.5, 0.6) is 0 Å². The number of carbonyl (C=O) groups is 2. The lowest BCUT2D eigenvalue weighted by molar-refractivity contribution is -0.142. The van der Waals surface area contributed by atoms with Crippen molar-refractivity contribution < 1.29 is 14.7 Å². The first-order chi connectivity index (χ1) is 10.1. The summed E-state index contributed by atoms with van der Waals surface area (Å²) < 4.78 is 0. The van der Waals surface area contributed by atoms with Crippen molar-refractivity contribution in [2.45, 2.75) is 25.9 Å². The number of rotatable bonds is 2.